The molecule has 0 atom stereocenters. The molecule has 2 aromatic rings. The highest BCUT2D eigenvalue weighted by Crippen LogP contribution is 2.20. The van der Waals surface area contributed by atoms with Crippen molar-refractivity contribution in [3.8, 4) is 6.07 Å². The van der Waals surface area contributed by atoms with Gasteiger partial charge in [0.1, 0.15) is 6.07 Å². The van der Waals surface area contributed by atoms with Crippen LogP contribution in [-0.2, 0) is 9.53 Å². The highest BCUT2D eigenvalue weighted by molar-refractivity contribution is 6.31. The maximum atomic E-state index is 11.8. The van der Waals surface area contributed by atoms with E-state index in [0.29, 0.717) is 10.6 Å². The Morgan fingerprint density at radius 3 is 2.59 bits per heavy atom. The van der Waals surface area contributed by atoms with E-state index in [1.807, 2.05) is 6.07 Å². The van der Waals surface area contributed by atoms with Gasteiger partial charge < -0.3 is 10.1 Å². The first kappa shape index (κ1) is 15.5. The summed E-state index contributed by atoms with van der Waals surface area (Å²) >= 11 is 5.82. The Balaban J connectivity index is 1.95. The van der Waals surface area contributed by atoms with Gasteiger partial charge in [0.2, 0.25) is 0 Å². The molecule has 0 heterocycles. The molecule has 0 bridgehead atoms. The van der Waals surface area contributed by atoms with Crippen molar-refractivity contribution in [2.75, 3.05) is 11.9 Å². The second-order valence-electron chi connectivity index (χ2n) is 4.29. The summed E-state index contributed by atoms with van der Waals surface area (Å²) in [6.07, 6.45) is 0. The highest BCUT2D eigenvalue weighted by Gasteiger charge is 2.11. The number of hydrogen-bond donors (Lipinski definition) is 1. The van der Waals surface area contributed by atoms with Gasteiger partial charge in [-0.1, -0.05) is 29.8 Å². The van der Waals surface area contributed by atoms with Crippen molar-refractivity contribution in [2.45, 2.75) is 0 Å². The van der Waals surface area contributed by atoms with Crippen molar-refractivity contribution in [1.82, 2.24) is 0 Å². The minimum atomic E-state index is -0.595. The third-order valence-corrected chi connectivity index (χ3v) is 2.96. The number of nitriles is 1. The molecule has 1 amide bonds. The van der Waals surface area contributed by atoms with E-state index in [0.717, 1.165) is 0 Å². The van der Waals surface area contributed by atoms with Crippen molar-refractivity contribution in [1.29, 1.82) is 5.26 Å². The Morgan fingerprint density at radius 1 is 1.18 bits per heavy atom. The van der Waals surface area contributed by atoms with E-state index >= 15 is 0 Å². The van der Waals surface area contributed by atoms with Crippen molar-refractivity contribution in [2.24, 2.45) is 0 Å². The number of benzene rings is 2. The molecule has 0 unspecified atom stereocenters. The number of halogens is 1. The molecule has 0 aliphatic carbocycles. The quantitative estimate of drug-likeness (QED) is 0.880. The van der Waals surface area contributed by atoms with E-state index < -0.39 is 18.5 Å². The van der Waals surface area contributed by atoms with Crippen LogP contribution in [0.15, 0.2) is 48.5 Å². The molecular formula is C16H11ClN2O3. The molecule has 6 heteroatoms. The van der Waals surface area contributed by atoms with Crippen LogP contribution in [0.1, 0.15) is 15.9 Å². The summed E-state index contributed by atoms with van der Waals surface area (Å²) in [4.78, 5) is 23.5. The Morgan fingerprint density at radius 2 is 1.91 bits per heavy atom. The summed E-state index contributed by atoms with van der Waals surface area (Å²) in [5.41, 5.74) is 0.902. The minimum Gasteiger partial charge on any atom is -0.452 e. The normalized spacial score (nSPS) is 9.64. The molecular weight excluding hydrogens is 304 g/mol. The molecule has 0 radical (unpaired) electrons. The van der Waals surface area contributed by atoms with Crippen molar-refractivity contribution >= 4 is 29.2 Å². The molecule has 0 saturated heterocycles. The summed E-state index contributed by atoms with van der Waals surface area (Å²) in [6.45, 7) is -0.453. The maximum absolute atomic E-state index is 11.8. The number of anilines is 1. The number of nitrogens with zero attached hydrogens (tertiary/aromatic N) is 1. The zero-order valence-electron chi connectivity index (χ0n) is 11.4. The van der Waals surface area contributed by atoms with Crippen molar-refractivity contribution < 1.29 is 14.3 Å². The standard InChI is InChI=1S/C16H11ClN2O3/c17-13-7-6-12(9-18)14(8-13)19-15(20)10-22-16(21)11-4-2-1-3-5-11/h1-8H,10H2,(H,19,20). The topological polar surface area (TPSA) is 79.2 Å². The SMILES string of the molecule is N#Cc1ccc(Cl)cc1NC(=O)COC(=O)c1ccccc1. The van der Waals surface area contributed by atoms with E-state index in [1.54, 1.807) is 36.4 Å². The zero-order chi connectivity index (χ0) is 15.9. The summed E-state index contributed by atoms with van der Waals surface area (Å²) in [6, 6.07) is 14.8. The Labute approximate surface area is 132 Å². The van der Waals surface area contributed by atoms with E-state index in [2.05, 4.69) is 5.32 Å². The van der Waals surface area contributed by atoms with Crippen LogP contribution in [0, 0.1) is 11.3 Å². The van der Waals surface area contributed by atoms with Crippen LogP contribution in [0.4, 0.5) is 5.69 Å². The Kier molecular flexibility index (Phi) is 5.12. The van der Waals surface area contributed by atoms with Crippen LogP contribution in [0.2, 0.25) is 5.02 Å². The summed E-state index contributed by atoms with van der Waals surface area (Å²) < 4.78 is 4.90. The van der Waals surface area contributed by atoms with Gasteiger partial charge in [-0.25, -0.2) is 4.79 Å². The monoisotopic (exact) mass is 314 g/mol. The number of amides is 1. The third-order valence-electron chi connectivity index (χ3n) is 2.72. The van der Waals surface area contributed by atoms with Crippen molar-refractivity contribution in [3.05, 3.63) is 64.7 Å². The van der Waals surface area contributed by atoms with E-state index in [-0.39, 0.29) is 11.3 Å². The van der Waals surface area contributed by atoms with Gasteiger partial charge in [-0.3, -0.25) is 4.79 Å². The molecule has 22 heavy (non-hydrogen) atoms. The van der Waals surface area contributed by atoms with Gasteiger partial charge in [-0.15, -0.1) is 0 Å². The first-order chi connectivity index (χ1) is 10.6. The minimum absolute atomic E-state index is 0.270. The predicted molar refractivity (Wildman–Crippen MR) is 81.5 cm³/mol. The number of ether oxygens (including phenoxy) is 1. The number of carbonyl (C=O) groups is 2. The van der Waals surface area contributed by atoms with Gasteiger partial charge in [-0.2, -0.15) is 5.26 Å². The molecule has 5 nitrogen and oxygen atoms in total. The van der Waals surface area contributed by atoms with Crippen LogP contribution < -0.4 is 5.32 Å². The molecule has 1 N–H and O–H groups in total. The fourth-order valence-corrected chi connectivity index (χ4v) is 1.86. The molecule has 0 fully saturated rings. The van der Waals surface area contributed by atoms with Gasteiger partial charge in [0, 0.05) is 5.02 Å². The van der Waals surface area contributed by atoms with Gasteiger partial charge in [0.25, 0.3) is 5.91 Å². The van der Waals surface area contributed by atoms with Crippen LogP contribution in [0.25, 0.3) is 0 Å². The summed E-state index contributed by atoms with van der Waals surface area (Å²) in [7, 11) is 0. The number of hydrogen-bond acceptors (Lipinski definition) is 4. The van der Waals surface area contributed by atoms with E-state index in [1.165, 1.54) is 12.1 Å². The second kappa shape index (κ2) is 7.25. The first-order valence-corrected chi connectivity index (χ1v) is 6.69. The van der Waals surface area contributed by atoms with Crippen LogP contribution in [0.5, 0.6) is 0 Å². The maximum Gasteiger partial charge on any atom is 0.338 e. The van der Waals surface area contributed by atoms with Gasteiger partial charge >= 0.3 is 5.97 Å². The molecule has 0 aliphatic heterocycles. The number of nitrogens with one attached hydrogen (secondary N) is 1. The fourth-order valence-electron chi connectivity index (χ4n) is 1.69. The third kappa shape index (κ3) is 4.08. The first-order valence-electron chi connectivity index (χ1n) is 6.32. The Bertz CT molecular complexity index is 739. The van der Waals surface area contributed by atoms with Crippen LogP contribution >= 0.6 is 11.6 Å². The van der Waals surface area contributed by atoms with Gasteiger partial charge in [0.05, 0.1) is 16.8 Å². The number of carbonyl (C=O) groups excluding carboxylic acids is 2. The lowest BCUT2D eigenvalue weighted by atomic mass is 10.2. The number of esters is 1. The molecule has 0 spiro atoms. The van der Waals surface area contributed by atoms with Crippen LogP contribution in [-0.4, -0.2) is 18.5 Å². The zero-order valence-corrected chi connectivity index (χ0v) is 12.1. The smallest absolute Gasteiger partial charge is 0.338 e. The molecule has 2 aromatic carbocycles. The second-order valence-corrected chi connectivity index (χ2v) is 4.73. The van der Waals surface area contributed by atoms with E-state index in [9.17, 15) is 9.59 Å². The van der Waals surface area contributed by atoms with Gasteiger partial charge in [-0.05, 0) is 30.3 Å². The largest absolute Gasteiger partial charge is 0.452 e. The fraction of sp³-hybridized carbons (Fsp3) is 0.0625. The highest BCUT2D eigenvalue weighted by atomic mass is 35.5. The molecule has 2 rings (SSSR count). The lowest BCUT2D eigenvalue weighted by Gasteiger charge is -2.08. The summed E-state index contributed by atoms with van der Waals surface area (Å²) in [5, 5.41) is 11.8. The molecule has 0 aliphatic rings. The summed E-state index contributed by atoms with van der Waals surface area (Å²) in [5.74, 6) is -1.15. The lowest BCUT2D eigenvalue weighted by Crippen LogP contribution is -2.21. The van der Waals surface area contributed by atoms with Crippen molar-refractivity contribution in [3.63, 3.8) is 0 Å². The number of rotatable bonds is 4. The van der Waals surface area contributed by atoms with Crippen LogP contribution in [0.3, 0.4) is 0 Å². The lowest BCUT2D eigenvalue weighted by molar-refractivity contribution is -0.119. The molecule has 0 saturated carbocycles. The molecule has 110 valence electrons. The van der Waals surface area contributed by atoms with Gasteiger partial charge in [0.15, 0.2) is 6.61 Å². The average molecular weight is 315 g/mol. The Hall–Kier alpha value is -2.84. The average Bonchev–Trinajstić information content (AvgIpc) is 2.53. The molecule has 0 aromatic heterocycles. The van der Waals surface area contributed by atoms with E-state index in [4.69, 9.17) is 21.6 Å². The predicted octanol–water partition coefficient (Wildman–Crippen LogP) is 3.01.